The summed E-state index contributed by atoms with van der Waals surface area (Å²) < 4.78 is 23.4. The first-order valence-corrected chi connectivity index (χ1v) is 14.8. The van der Waals surface area contributed by atoms with Gasteiger partial charge in [0.25, 0.3) is 5.91 Å². The number of nitrogens with one attached hydrogen (secondary N) is 2. The van der Waals surface area contributed by atoms with E-state index in [1.165, 1.54) is 12.1 Å². The minimum atomic E-state index is -4.75. The average Bonchev–Trinajstić information content (AvgIpc) is 2.77. The van der Waals surface area contributed by atoms with Gasteiger partial charge in [0, 0.05) is 17.3 Å². The number of benzene rings is 2. The number of hydrogen-bond acceptors (Lipinski definition) is 6. The van der Waals surface area contributed by atoms with Gasteiger partial charge in [-0.1, -0.05) is 44.2 Å². The third kappa shape index (κ3) is 9.63. The predicted molar refractivity (Wildman–Crippen MR) is 136 cm³/mol. The summed E-state index contributed by atoms with van der Waals surface area (Å²) in [5, 5.41) is 24.3. The zero-order chi connectivity index (χ0) is 27.1. The monoisotopic (exact) mass is 540 g/mol. The van der Waals surface area contributed by atoms with Crippen LogP contribution in [0.3, 0.4) is 0 Å². The molecule has 7 N–H and O–H groups in total. The summed E-state index contributed by atoms with van der Waals surface area (Å²) in [6, 6.07) is 12.5. The van der Waals surface area contributed by atoms with Crippen molar-refractivity contribution in [1.82, 2.24) is 10.6 Å². The maximum absolute atomic E-state index is 13.0. The largest absolute Gasteiger partial charge is 0.475 e. The molecule has 0 saturated carbocycles. The molecule has 0 aliphatic carbocycles. The molecule has 0 saturated heterocycles. The van der Waals surface area contributed by atoms with Gasteiger partial charge in [-0.05, 0) is 42.2 Å². The molecule has 36 heavy (non-hydrogen) atoms. The molecule has 2 rings (SSSR count). The molecule has 11 nitrogen and oxygen atoms in total. The fourth-order valence-electron chi connectivity index (χ4n) is 3.52. The van der Waals surface area contributed by atoms with Crippen molar-refractivity contribution in [3.05, 3.63) is 65.7 Å². The van der Waals surface area contributed by atoms with Crippen LogP contribution in [0.4, 0.5) is 0 Å². The van der Waals surface area contributed by atoms with Crippen LogP contribution in [0.15, 0.2) is 54.6 Å². The van der Waals surface area contributed by atoms with Crippen LogP contribution in [0.5, 0.6) is 0 Å². The van der Waals surface area contributed by atoms with E-state index in [1.807, 2.05) is 13.8 Å². The summed E-state index contributed by atoms with van der Waals surface area (Å²) in [7, 11) is -10.9. The molecule has 196 valence electrons. The van der Waals surface area contributed by atoms with Gasteiger partial charge in [-0.25, -0.2) is 0 Å². The Balaban J connectivity index is 2.23. The second-order valence-corrected chi connectivity index (χ2v) is 13.3. The highest BCUT2D eigenvalue weighted by Crippen LogP contribution is 2.53. The van der Waals surface area contributed by atoms with Crippen molar-refractivity contribution in [2.45, 2.75) is 38.7 Å². The normalized spacial score (nSPS) is 15.0. The van der Waals surface area contributed by atoms with Gasteiger partial charge in [0.15, 0.2) is 0 Å². The van der Waals surface area contributed by atoms with E-state index >= 15 is 0 Å². The van der Waals surface area contributed by atoms with Gasteiger partial charge in [-0.3, -0.25) is 18.7 Å². The van der Waals surface area contributed by atoms with Crippen LogP contribution in [0.2, 0.25) is 0 Å². The maximum Gasteiger partial charge on any atom is 0.475 e. The lowest BCUT2D eigenvalue weighted by molar-refractivity contribution is -0.123. The molecule has 0 radical (unpaired) electrons. The van der Waals surface area contributed by atoms with Crippen molar-refractivity contribution >= 4 is 39.2 Å². The zero-order valence-corrected chi connectivity index (χ0v) is 21.7. The van der Waals surface area contributed by atoms with E-state index in [-0.39, 0.29) is 23.2 Å². The van der Waals surface area contributed by atoms with Gasteiger partial charge in [0.05, 0.1) is 5.94 Å². The summed E-state index contributed by atoms with van der Waals surface area (Å²) in [4.78, 5) is 54.0. The van der Waals surface area contributed by atoms with Gasteiger partial charge < -0.3 is 35.4 Å². The number of hydrogen-bond donors (Lipinski definition) is 7. The lowest BCUT2D eigenvalue weighted by Crippen LogP contribution is -2.55. The summed E-state index contributed by atoms with van der Waals surface area (Å²) >= 11 is 0. The van der Waals surface area contributed by atoms with Gasteiger partial charge in [0.2, 0.25) is 13.3 Å². The summed E-state index contributed by atoms with van der Waals surface area (Å²) in [5.41, 5.74) is 0.790. The predicted octanol–water partition coefficient (Wildman–Crippen LogP) is 0.601. The Labute approximate surface area is 209 Å². The van der Waals surface area contributed by atoms with Crippen LogP contribution in [-0.4, -0.2) is 61.5 Å². The molecule has 0 heterocycles. The summed E-state index contributed by atoms with van der Waals surface area (Å²) in [6.45, 7) is 3.72. The first-order valence-electron chi connectivity index (χ1n) is 11.2. The molecule has 2 amide bonds. The minimum Gasteiger partial charge on any atom is -0.426 e. The van der Waals surface area contributed by atoms with Crippen molar-refractivity contribution in [3.63, 3.8) is 0 Å². The van der Waals surface area contributed by atoms with Gasteiger partial charge in [-0.2, -0.15) is 0 Å². The number of rotatable bonds is 12. The molecular weight excluding hydrogens is 509 g/mol. The molecule has 0 aliphatic rings. The molecule has 0 aliphatic heterocycles. The maximum atomic E-state index is 13.0. The van der Waals surface area contributed by atoms with Crippen molar-refractivity contribution in [1.29, 1.82) is 0 Å². The minimum absolute atomic E-state index is 0.0433. The standard InChI is InChI=1S/C22H31BN2O9P2/c1-15(2)12-20(23(28)29)25-22(27)19(13-16-6-4-3-5-7-16)24-21(26)17-8-10-18(11-9-17)35(30,31)14-36(32,33)34/h3-11,15,19-20,28-29H,12-14H2,1-2H3,(H,24,26)(H,25,27)(H,30,31)(H2,32,33,34)/t19?,20-/m0/s1. The third-order valence-electron chi connectivity index (χ3n) is 5.23. The first kappa shape index (κ1) is 29.9. The van der Waals surface area contributed by atoms with Crippen molar-refractivity contribution in [2.75, 3.05) is 5.90 Å². The smallest absolute Gasteiger partial charge is 0.426 e. The van der Waals surface area contributed by atoms with E-state index in [0.29, 0.717) is 6.42 Å². The molecule has 0 bridgehead atoms. The van der Waals surface area contributed by atoms with E-state index in [1.54, 1.807) is 30.3 Å². The van der Waals surface area contributed by atoms with Gasteiger partial charge >= 0.3 is 14.7 Å². The number of amides is 2. The molecule has 2 unspecified atom stereocenters. The number of carbonyl (C=O) groups is 2. The number of carbonyl (C=O) groups excluding carboxylic acids is 2. The highest BCUT2D eigenvalue weighted by atomic mass is 31.2. The zero-order valence-electron chi connectivity index (χ0n) is 19.9. The van der Waals surface area contributed by atoms with Crippen molar-refractivity contribution in [3.8, 4) is 0 Å². The van der Waals surface area contributed by atoms with E-state index in [9.17, 15) is 33.7 Å². The second kappa shape index (κ2) is 12.8. The van der Waals surface area contributed by atoms with Crippen LogP contribution in [-0.2, 0) is 20.3 Å². The molecule has 0 fully saturated rings. The topological polar surface area (TPSA) is 193 Å². The van der Waals surface area contributed by atoms with Crippen molar-refractivity contribution in [2.24, 2.45) is 5.92 Å². The lowest BCUT2D eigenvalue weighted by atomic mass is 9.75. The SMILES string of the molecule is CC(C)C[C@H](NC(=O)C(Cc1ccccc1)NC(=O)c1ccc(P(=O)(O)CP(=O)(O)O)cc1)B(O)O. The van der Waals surface area contributed by atoms with Crippen LogP contribution in [0.1, 0.15) is 36.2 Å². The summed E-state index contributed by atoms with van der Waals surface area (Å²) in [6.07, 6.45) is 0.410. The fourth-order valence-corrected chi connectivity index (χ4v) is 6.79. The molecule has 2 aromatic carbocycles. The highest BCUT2D eigenvalue weighted by Gasteiger charge is 2.32. The molecule has 0 spiro atoms. The first-order chi connectivity index (χ1) is 16.7. The van der Waals surface area contributed by atoms with Crippen LogP contribution < -0.4 is 15.9 Å². The molecule has 0 aromatic heterocycles. The highest BCUT2D eigenvalue weighted by molar-refractivity contribution is 7.77. The van der Waals surface area contributed by atoms with Crippen LogP contribution in [0, 0.1) is 5.92 Å². The van der Waals surface area contributed by atoms with Crippen LogP contribution in [0.25, 0.3) is 0 Å². The molecule has 14 heteroatoms. The molecule has 3 atom stereocenters. The fraction of sp³-hybridized carbons (Fsp3) is 0.364. The van der Waals surface area contributed by atoms with E-state index in [4.69, 9.17) is 9.79 Å². The Morgan fingerprint density at radius 2 is 1.50 bits per heavy atom. The van der Waals surface area contributed by atoms with E-state index in [2.05, 4.69) is 10.6 Å². The second-order valence-electron chi connectivity index (χ2n) is 8.93. The van der Waals surface area contributed by atoms with E-state index in [0.717, 1.165) is 17.7 Å². The Hall–Kier alpha value is -2.30. The summed E-state index contributed by atoms with van der Waals surface area (Å²) in [5.74, 6) is -3.40. The molecule has 2 aromatic rings. The van der Waals surface area contributed by atoms with Gasteiger partial charge in [-0.15, -0.1) is 0 Å². The van der Waals surface area contributed by atoms with Crippen molar-refractivity contribution < 1.29 is 43.4 Å². The van der Waals surface area contributed by atoms with Crippen LogP contribution >= 0.6 is 15.0 Å². The quantitative estimate of drug-likeness (QED) is 0.149. The Morgan fingerprint density at radius 1 is 0.917 bits per heavy atom. The Morgan fingerprint density at radius 3 is 2.00 bits per heavy atom. The Kier molecular flexibility index (Phi) is 10.6. The van der Waals surface area contributed by atoms with Gasteiger partial charge in [0.1, 0.15) is 11.9 Å². The lowest BCUT2D eigenvalue weighted by Gasteiger charge is -2.24. The van der Waals surface area contributed by atoms with E-state index < -0.39 is 51.8 Å². The Bertz CT molecular complexity index is 1120. The molecular formula is C22H31BN2O9P2. The average molecular weight is 540 g/mol. The third-order valence-corrected chi connectivity index (χ3v) is 9.34.